The maximum absolute atomic E-state index is 12.0. The van der Waals surface area contributed by atoms with Crippen molar-refractivity contribution in [2.45, 2.75) is 5.72 Å². The van der Waals surface area contributed by atoms with E-state index in [9.17, 15) is 5.11 Å². The van der Waals surface area contributed by atoms with Crippen LogP contribution in [-0.4, -0.2) is 48.9 Å². The van der Waals surface area contributed by atoms with Gasteiger partial charge in [0, 0.05) is 5.56 Å². The molecule has 5 rings (SSSR count). The summed E-state index contributed by atoms with van der Waals surface area (Å²) in [5, 5.41) is 12.0. The maximum atomic E-state index is 12.0. The Bertz CT molecular complexity index is 1060. The number of nitrogens with zero attached hydrogens (tertiary/aromatic N) is 2. The fourth-order valence-electron chi connectivity index (χ4n) is 4.36. The monoisotopic (exact) mass is 401 g/mol. The lowest BCUT2D eigenvalue weighted by molar-refractivity contribution is -0.543. The number of anilines is 1. The summed E-state index contributed by atoms with van der Waals surface area (Å²) in [6.45, 7) is 2.42. The summed E-state index contributed by atoms with van der Waals surface area (Å²) < 4.78 is 13.3. The molecule has 5 nitrogen and oxygen atoms in total. The second-order valence-corrected chi connectivity index (χ2v) is 7.68. The summed E-state index contributed by atoms with van der Waals surface area (Å²) in [5.74, 6) is 1.77. The molecule has 2 aliphatic rings. The van der Waals surface area contributed by atoms with Gasteiger partial charge in [0.2, 0.25) is 0 Å². The van der Waals surface area contributed by atoms with E-state index in [0.29, 0.717) is 19.8 Å². The van der Waals surface area contributed by atoms with Gasteiger partial charge < -0.3 is 14.6 Å². The lowest BCUT2D eigenvalue weighted by atomic mass is 9.97. The van der Waals surface area contributed by atoms with Gasteiger partial charge in [-0.2, -0.15) is 4.90 Å². The zero-order valence-electron chi connectivity index (χ0n) is 17.0. The number of rotatable bonds is 4. The highest BCUT2D eigenvalue weighted by molar-refractivity contribution is 5.98. The van der Waals surface area contributed by atoms with Crippen LogP contribution >= 0.6 is 0 Å². The first-order chi connectivity index (χ1) is 14.7. The van der Waals surface area contributed by atoms with E-state index in [2.05, 4.69) is 28.8 Å². The Morgan fingerprint density at radius 2 is 1.63 bits per heavy atom. The number of ether oxygens (including phenoxy) is 2. The van der Waals surface area contributed by atoms with Crippen LogP contribution in [0.1, 0.15) is 5.56 Å². The van der Waals surface area contributed by atoms with Crippen LogP contribution in [0.25, 0.3) is 11.1 Å². The van der Waals surface area contributed by atoms with Gasteiger partial charge in [0.05, 0.1) is 13.7 Å². The SMILES string of the molecule is COc1ccc(N2C3=[N+](CCOC3)C[C@@]2(O)c2ccc(-c3ccccc3)cc2)cc1. The molecule has 0 radical (unpaired) electrons. The molecule has 2 aliphatic heterocycles. The highest BCUT2D eigenvalue weighted by Crippen LogP contribution is 2.37. The fourth-order valence-corrected chi connectivity index (χ4v) is 4.36. The molecule has 0 unspecified atom stereocenters. The topological polar surface area (TPSA) is 44.9 Å². The van der Waals surface area contributed by atoms with E-state index >= 15 is 0 Å². The van der Waals surface area contributed by atoms with Gasteiger partial charge in [-0.3, -0.25) is 4.58 Å². The van der Waals surface area contributed by atoms with E-state index in [-0.39, 0.29) is 0 Å². The van der Waals surface area contributed by atoms with Crippen LogP contribution in [-0.2, 0) is 10.5 Å². The minimum atomic E-state index is -1.17. The summed E-state index contributed by atoms with van der Waals surface area (Å²) in [7, 11) is 1.65. The largest absolute Gasteiger partial charge is 0.497 e. The number of hydrogen-bond acceptors (Lipinski definition) is 4. The molecular formula is C25H25N2O3+. The minimum Gasteiger partial charge on any atom is -0.497 e. The molecule has 30 heavy (non-hydrogen) atoms. The molecule has 0 aromatic heterocycles. The van der Waals surface area contributed by atoms with Gasteiger partial charge in [-0.05, 0) is 35.4 Å². The second kappa shape index (κ2) is 7.59. The first kappa shape index (κ1) is 18.9. The first-order valence-electron chi connectivity index (χ1n) is 10.2. The Kier molecular flexibility index (Phi) is 4.77. The minimum absolute atomic E-state index is 0.483. The molecule has 5 heteroatoms. The van der Waals surface area contributed by atoms with E-state index in [1.807, 2.05) is 59.5 Å². The lowest BCUT2D eigenvalue weighted by Gasteiger charge is -2.29. The Balaban J connectivity index is 1.55. The average Bonchev–Trinajstić information content (AvgIpc) is 3.13. The molecule has 0 spiro atoms. The van der Waals surface area contributed by atoms with Crippen LogP contribution in [0.3, 0.4) is 0 Å². The molecule has 0 aliphatic carbocycles. The van der Waals surface area contributed by atoms with Crippen molar-refractivity contribution in [3.05, 3.63) is 84.4 Å². The summed E-state index contributed by atoms with van der Waals surface area (Å²) >= 11 is 0. The van der Waals surface area contributed by atoms with Crippen molar-refractivity contribution in [2.75, 3.05) is 38.3 Å². The zero-order chi connectivity index (χ0) is 20.6. The van der Waals surface area contributed by atoms with Crippen molar-refractivity contribution in [1.82, 2.24) is 0 Å². The number of aliphatic hydroxyl groups is 1. The third-order valence-corrected chi connectivity index (χ3v) is 5.93. The third kappa shape index (κ3) is 3.16. The average molecular weight is 401 g/mol. The molecule has 1 N–H and O–H groups in total. The number of amidine groups is 1. The van der Waals surface area contributed by atoms with Gasteiger partial charge in [0.15, 0.2) is 6.54 Å². The van der Waals surface area contributed by atoms with E-state index in [4.69, 9.17) is 9.47 Å². The van der Waals surface area contributed by atoms with Crippen molar-refractivity contribution in [3.8, 4) is 16.9 Å². The Morgan fingerprint density at radius 3 is 2.33 bits per heavy atom. The van der Waals surface area contributed by atoms with Crippen molar-refractivity contribution in [3.63, 3.8) is 0 Å². The van der Waals surface area contributed by atoms with Gasteiger partial charge >= 0.3 is 0 Å². The maximum Gasteiger partial charge on any atom is 0.281 e. The summed E-state index contributed by atoms with van der Waals surface area (Å²) in [6.07, 6.45) is 0. The van der Waals surface area contributed by atoms with Crippen LogP contribution in [0.2, 0.25) is 0 Å². The van der Waals surface area contributed by atoms with E-state index in [1.165, 1.54) is 0 Å². The van der Waals surface area contributed by atoms with Crippen molar-refractivity contribution < 1.29 is 19.2 Å². The summed E-state index contributed by atoms with van der Waals surface area (Å²) in [6, 6.07) is 26.3. The van der Waals surface area contributed by atoms with Crippen LogP contribution in [0, 0.1) is 0 Å². The highest BCUT2D eigenvalue weighted by atomic mass is 16.5. The number of benzene rings is 3. The molecule has 2 heterocycles. The zero-order valence-corrected chi connectivity index (χ0v) is 17.0. The van der Waals surface area contributed by atoms with E-state index in [0.717, 1.165) is 40.5 Å². The van der Waals surface area contributed by atoms with Crippen LogP contribution in [0.15, 0.2) is 78.9 Å². The van der Waals surface area contributed by atoms with Crippen molar-refractivity contribution in [2.24, 2.45) is 0 Å². The van der Waals surface area contributed by atoms with Crippen LogP contribution in [0.5, 0.6) is 5.75 Å². The molecule has 0 saturated carbocycles. The van der Waals surface area contributed by atoms with Crippen molar-refractivity contribution in [1.29, 1.82) is 0 Å². The fraction of sp³-hybridized carbons (Fsp3) is 0.240. The van der Waals surface area contributed by atoms with E-state index < -0.39 is 5.72 Å². The molecule has 0 saturated heterocycles. The van der Waals surface area contributed by atoms with Gasteiger partial charge in [0.1, 0.15) is 24.6 Å². The molecule has 3 aromatic carbocycles. The molecule has 1 atom stereocenters. The Labute approximate surface area is 176 Å². The van der Waals surface area contributed by atoms with Crippen LogP contribution in [0.4, 0.5) is 5.69 Å². The van der Waals surface area contributed by atoms with E-state index in [1.54, 1.807) is 7.11 Å². The van der Waals surface area contributed by atoms with Gasteiger partial charge in [0.25, 0.3) is 11.6 Å². The smallest absolute Gasteiger partial charge is 0.281 e. The first-order valence-corrected chi connectivity index (χ1v) is 10.2. The summed E-state index contributed by atoms with van der Waals surface area (Å²) in [4.78, 5) is 2.00. The standard InChI is InChI=1S/C25H25N2O3/c1-29-23-13-11-22(12-14-23)27-24-17-30-16-15-26(24)18-25(27,28)21-9-7-20(8-10-21)19-5-3-2-4-6-19/h2-14,28H,15-18H2,1H3/q+1/t25-/m1/s1. The predicted octanol–water partition coefficient (Wildman–Crippen LogP) is 3.47. The molecule has 0 fully saturated rings. The lowest BCUT2D eigenvalue weighted by Crippen LogP contribution is -2.48. The molecule has 152 valence electrons. The predicted molar refractivity (Wildman–Crippen MR) is 117 cm³/mol. The van der Waals surface area contributed by atoms with Crippen molar-refractivity contribution >= 4 is 11.5 Å². The highest BCUT2D eigenvalue weighted by Gasteiger charge is 2.54. The Hall–Kier alpha value is -3.15. The summed E-state index contributed by atoms with van der Waals surface area (Å²) in [5.41, 5.74) is 2.89. The van der Waals surface area contributed by atoms with Gasteiger partial charge in [-0.1, -0.05) is 54.6 Å². The second-order valence-electron chi connectivity index (χ2n) is 7.68. The number of hydrogen-bond donors (Lipinski definition) is 1. The van der Waals surface area contributed by atoms with Gasteiger partial charge in [-0.15, -0.1) is 0 Å². The Morgan fingerprint density at radius 1 is 0.933 bits per heavy atom. The third-order valence-electron chi connectivity index (χ3n) is 5.93. The number of methoxy groups -OCH3 is 1. The molecular weight excluding hydrogens is 376 g/mol. The molecule has 3 aromatic rings. The molecule has 0 bridgehead atoms. The van der Waals surface area contributed by atoms with Crippen LogP contribution < -0.4 is 9.64 Å². The quantitative estimate of drug-likeness (QED) is 0.680. The normalized spacial score (nSPS) is 20.9. The van der Waals surface area contributed by atoms with Gasteiger partial charge in [-0.25, -0.2) is 0 Å². The molecule has 0 amide bonds.